The summed E-state index contributed by atoms with van der Waals surface area (Å²) in [6, 6.07) is 6.92. The van der Waals surface area contributed by atoms with Crippen LogP contribution in [0.5, 0.6) is 11.5 Å². The van der Waals surface area contributed by atoms with E-state index in [1.54, 1.807) is 18.2 Å². The number of ether oxygens (including phenoxy) is 2. The molecule has 0 radical (unpaired) electrons. The van der Waals surface area contributed by atoms with Gasteiger partial charge in [0, 0.05) is 37.4 Å². The van der Waals surface area contributed by atoms with Gasteiger partial charge in [-0.2, -0.15) is 0 Å². The van der Waals surface area contributed by atoms with E-state index in [-0.39, 0.29) is 24.5 Å². The first-order valence-corrected chi connectivity index (χ1v) is 8.23. The van der Waals surface area contributed by atoms with Crippen LogP contribution < -0.4 is 14.8 Å². The second kappa shape index (κ2) is 7.83. The lowest BCUT2D eigenvalue weighted by atomic mass is 10.1. The summed E-state index contributed by atoms with van der Waals surface area (Å²) < 4.78 is 15.9. The van der Waals surface area contributed by atoms with Crippen LogP contribution in [0.15, 0.2) is 28.8 Å². The van der Waals surface area contributed by atoms with Crippen molar-refractivity contribution in [2.24, 2.45) is 0 Å². The molecule has 0 aliphatic carbocycles. The highest BCUT2D eigenvalue weighted by molar-refractivity contribution is 5.98. The van der Waals surface area contributed by atoms with Gasteiger partial charge in [-0.1, -0.05) is 5.16 Å². The number of rotatable bonds is 7. The van der Waals surface area contributed by atoms with Gasteiger partial charge in [0.05, 0.1) is 5.69 Å². The van der Waals surface area contributed by atoms with E-state index in [0.717, 1.165) is 11.5 Å². The van der Waals surface area contributed by atoms with Crippen molar-refractivity contribution in [3.05, 3.63) is 41.3 Å². The van der Waals surface area contributed by atoms with Gasteiger partial charge in [0.2, 0.25) is 5.91 Å². The Kier molecular flexibility index (Phi) is 5.33. The first kappa shape index (κ1) is 17.0. The van der Waals surface area contributed by atoms with E-state index >= 15 is 0 Å². The number of amides is 1. The second-order valence-electron chi connectivity index (χ2n) is 5.81. The number of benzene rings is 1. The van der Waals surface area contributed by atoms with Crippen molar-refractivity contribution in [3.8, 4) is 11.5 Å². The van der Waals surface area contributed by atoms with Crippen LogP contribution >= 0.6 is 0 Å². The molecule has 0 saturated heterocycles. The number of hydrogen-bond acceptors (Lipinski definition) is 6. The Balaban J connectivity index is 1.43. The fourth-order valence-electron chi connectivity index (χ4n) is 2.54. The average Bonchev–Trinajstić information content (AvgIpc) is 3.04. The fraction of sp³-hybridized carbons (Fsp3) is 0.389. The molecule has 1 amide bonds. The monoisotopic (exact) mass is 344 g/mol. The number of carbonyl (C=O) groups excluding carboxylic acids is 2. The highest BCUT2D eigenvalue weighted by Crippen LogP contribution is 2.31. The molecule has 2 aromatic rings. The molecular formula is C18H20N2O5. The summed E-state index contributed by atoms with van der Waals surface area (Å²) in [6.45, 7) is 3.26. The molecule has 1 aliphatic rings. The Labute approximate surface area is 145 Å². The minimum Gasteiger partial charge on any atom is -0.486 e. The first-order chi connectivity index (χ1) is 12.1. The number of aryl methyl sites for hydroxylation is 1. The number of nitrogens with one attached hydrogen (secondary N) is 1. The zero-order chi connectivity index (χ0) is 17.6. The lowest BCUT2D eigenvalue weighted by Gasteiger charge is -2.18. The van der Waals surface area contributed by atoms with Gasteiger partial charge in [0.25, 0.3) is 0 Å². The lowest BCUT2D eigenvalue weighted by Crippen LogP contribution is -2.26. The van der Waals surface area contributed by atoms with Crippen molar-refractivity contribution < 1.29 is 23.6 Å². The van der Waals surface area contributed by atoms with Crippen molar-refractivity contribution in [1.82, 2.24) is 10.5 Å². The van der Waals surface area contributed by atoms with Crippen molar-refractivity contribution in [2.75, 3.05) is 19.8 Å². The van der Waals surface area contributed by atoms with Crippen LogP contribution in [0.3, 0.4) is 0 Å². The molecular weight excluding hydrogens is 324 g/mol. The summed E-state index contributed by atoms with van der Waals surface area (Å²) in [7, 11) is 0. The molecule has 7 heteroatoms. The zero-order valence-electron chi connectivity index (χ0n) is 14.0. The third-order valence-corrected chi connectivity index (χ3v) is 3.82. The van der Waals surface area contributed by atoms with E-state index in [0.29, 0.717) is 43.2 Å². The number of carbonyl (C=O) groups is 2. The maximum absolute atomic E-state index is 12.2. The topological polar surface area (TPSA) is 90.7 Å². The molecule has 3 rings (SSSR count). The molecule has 1 N–H and O–H groups in total. The van der Waals surface area contributed by atoms with Gasteiger partial charge in [0.1, 0.15) is 19.0 Å². The van der Waals surface area contributed by atoms with Crippen LogP contribution in [0.25, 0.3) is 0 Å². The van der Waals surface area contributed by atoms with E-state index in [2.05, 4.69) is 10.5 Å². The Morgan fingerprint density at radius 2 is 1.92 bits per heavy atom. The Morgan fingerprint density at radius 3 is 2.68 bits per heavy atom. The standard InChI is InChI=1S/C18H20N2O5/c1-12-10-14(20-25-12)6-7-19-18(22)5-3-15(21)13-2-4-16-17(11-13)24-9-8-23-16/h2,4,10-11H,3,5-9H2,1H3,(H,19,22). The van der Waals surface area contributed by atoms with Crippen molar-refractivity contribution >= 4 is 11.7 Å². The lowest BCUT2D eigenvalue weighted by molar-refractivity contribution is -0.121. The molecule has 0 atom stereocenters. The summed E-state index contributed by atoms with van der Waals surface area (Å²) >= 11 is 0. The van der Waals surface area contributed by atoms with Crippen LogP contribution in [-0.2, 0) is 11.2 Å². The molecule has 132 valence electrons. The number of ketones is 1. The minimum absolute atomic E-state index is 0.0979. The number of aromatic nitrogens is 1. The van der Waals surface area contributed by atoms with Gasteiger partial charge in [-0.05, 0) is 25.1 Å². The van der Waals surface area contributed by atoms with Crippen LogP contribution in [0.4, 0.5) is 0 Å². The number of Topliss-reactive ketones (excluding diaryl/α,β-unsaturated/α-hetero) is 1. The van der Waals surface area contributed by atoms with E-state index in [1.165, 1.54) is 0 Å². The third-order valence-electron chi connectivity index (χ3n) is 3.82. The Bertz CT molecular complexity index is 769. The highest BCUT2D eigenvalue weighted by Gasteiger charge is 2.15. The molecule has 25 heavy (non-hydrogen) atoms. The number of hydrogen-bond donors (Lipinski definition) is 1. The van der Waals surface area contributed by atoms with Crippen LogP contribution in [-0.4, -0.2) is 36.6 Å². The van der Waals surface area contributed by atoms with Gasteiger partial charge in [0.15, 0.2) is 17.3 Å². The summed E-state index contributed by atoms with van der Waals surface area (Å²) in [6.07, 6.45) is 0.888. The molecule has 1 aromatic carbocycles. The van der Waals surface area contributed by atoms with Crippen molar-refractivity contribution in [2.45, 2.75) is 26.2 Å². The second-order valence-corrected chi connectivity index (χ2v) is 5.81. The molecule has 0 unspecified atom stereocenters. The number of fused-ring (bicyclic) bond motifs is 1. The normalized spacial score (nSPS) is 12.7. The number of nitrogens with zero attached hydrogens (tertiary/aromatic N) is 1. The predicted octanol–water partition coefficient (Wildman–Crippen LogP) is 2.08. The summed E-state index contributed by atoms with van der Waals surface area (Å²) in [5, 5.41) is 6.64. The Morgan fingerprint density at radius 1 is 1.12 bits per heavy atom. The molecule has 0 spiro atoms. The van der Waals surface area contributed by atoms with E-state index in [4.69, 9.17) is 14.0 Å². The van der Waals surface area contributed by atoms with E-state index < -0.39 is 0 Å². The first-order valence-electron chi connectivity index (χ1n) is 8.23. The molecule has 0 fully saturated rings. The van der Waals surface area contributed by atoms with Gasteiger partial charge in [-0.25, -0.2) is 0 Å². The van der Waals surface area contributed by atoms with Gasteiger partial charge in [-0.15, -0.1) is 0 Å². The molecule has 1 aromatic heterocycles. The summed E-state index contributed by atoms with van der Waals surface area (Å²) in [4.78, 5) is 24.1. The van der Waals surface area contributed by atoms with Crippen LogP contribution in [0.1, 0.15) is 34.7 Å². The van der Waals surface area contributed by atoms with E-state index in [9.17, 15) is 9.59 Å². The molecule has 1 aliphatic heterocycles. The zero-order valence-corrected chi connectivity index (χ0v) is 14.0. The highest BCUT2D eigenvalue weighted by atomic mass is 16.6. The largest absolute Gasteiger partial charge is 0.486 e. The maximum atomic E-state index is 12.2. The molecule has 0 saturated carbocycles. The molecule has 2 heterocycles. The molecule has 7 nitrogen and oxygen atoms in total. The van der Waals surface area contributed by atoms with E-state index in [1.807, 2.05) is 13.0 Å². The minimum atomic E-state index is -0.161. The van der Waals surface area contributed by atoms with Crippen LogP contribution in [0, 0.1) is 6.92 Å². The third kappa shape index (κ3) is 4.59. The average molecular weight is 344 g/mol. The van der Waals surface area contributed by atoms with Crippen molar-refractivity contribution in [3.63, 3.8) is 0 Å². The quantitative estimate of drug-likeness (QED) is 0.773. The fourth-order valence-corrected chi connectivity index (χ4v) is 2.54. The van der Waals surface area contributed by atoms with Gasteiger partial charge < -0.3 is 19.3 Å². The van der Waals surface area contributed by atoms with Gasteiger partial charge >= 0.3 is 0 Å². The van der Waals surface area contributed by atoms with Crippen LogP contribution in [0.2, 0.25) is 0 Å². The summed E-state index contributed by atoms with van der Waals surface area (Å²) in [5.41, 5.74) is 1.32. The summed E-state index contributed by atoms with van der Waals surface area (Å²) in [5.74, 6) is 1.70. The predicted molar refractivity (Wildman–Crippen MR) is 89.0 cm³/mol. The smallest absolute Gasteiger partial charge is 0.220 e. The Hall–Kier alpha value is -2.83. The molecule has 0 bridgehead atoms. The van der Waals surface area contributed by atoms with Gasteiger partial charge in [-0.3, -0.25) is 9.59 Å². The maximum Gasteiger partial charge on any atom is 0.220 e. The SMILES string of the molecule is Cc1cc(CCNC(=O)CCC(=O)c2ccc3c(c2)OCCO3)no1. The van der Waals surface area contributed by atoms with Crippen molar-refractivity contribution in [1.29, 1.82) is 0 Å².